The van der Waals surface area contributed by atoms with Crippen LogP contribution < -0.4 is 5.32 Å². The zero-order valence-corrected chi connectivity index (χ0v) is 13.4. The molecule has 0 atom stereocenters. The molecule has 0 aliphatic carbocycles. The number of hydrogen-bond donors (Lipinski definition) is 1. The molecule has 0 bridgehead atoms. The number of nitrogens with zero attached hydrogens (tertiary/aromatic N) is 3. The first-order valence-corrected chi connectivity index (χ1v) is 7.93. The van der Waals surface area contributed by atoms with Crippen molar-refractivity contribution in [3.05, 3.63) is 36.0 Å². The number of rotatable bonds is 6. The summed E-state index contributed by atoms with van der Waals surface area (Å²) >= 11 is 0. The number of carbonyl (C=O) groups excluding carboxylic acids is 1. The molecular weight excluding hydrogens is 292 g/mol. The van der Waals surface area contributed by atoms with Gasteiger partial charge in [-0.15, -0.1) is 0 Å². The quantitative estimate of drug-likeness (QED) is 0.559. The predicted molar refractivity (Wildman–Crippen MR) is 89.8 cm³/mol. The van der Waals surface area contributed by atoms with Crippen molar-refractivity contribution in [2.45, 2.75) is 26.7 Å². The molecule has 0 spiro atoms. The number of benzene rings is 1. The van der Waals surface area contributed by atoms with Crippen LogP contribution in [-0.4, -0.2) is 33.7 Å². The third kappa shape index (κ3) is 2.84. The second kappa shape index (κ2) is 6.64. The van der Waals surface area contributed by atoms with Gasteiger partial charge < -0.3 is 10.1 Å². The van der Waals surface area contributed by atoms with Gasteiger partial charge in [0.05, 0.1) is 23.8 Å². The van der Waals surface area contributed by atoms with Crippen molar-refractivity contribution in [1.82, 2.24) is 14.6 Å². The number of carbonyl (C=O) groups is 1. The van der Waals surface area contributed by atoms with Gasteiger partial charge in [0.1, 0.15) is 11.1 Å². The molecular formula is C17H20N4O2. The smallest absolute Gasteiger partial charge is 0.342 e. The van der Waals surface area contributed by atoms with Crippen LogP contribution in [0, 0.1) is 0 Å². The molecule has 0 saturated heterocycles. The summed E-state index contributed by atoms with van der Waals surface area (Å²) in [7, 11) is 0. The number of nitrogens with one attached hydrogen (secondary N) is 1. The first-order valence-electron chi connectivity index (χ1n) is 7.93. The van der Waals surface area contributed by atoms with Gasteiger partial charge in [-0.2, -0.15) is 5.10 Å². The maximum Gasteiger partial charge on any atom is 0.342 e. The van der Waals surface area contributed by atoms with Crippen LogP contribution in [0.1, 0.15) is 37.0 Å². The fourth-order valence-electron chi connectivity index (χ4n) is 2.54. The molecule has 120 valence electrons. The fraction of sp³-hybridized carbons (Fsp3) is 0.353. The Hall–Kier alpha value is -2.63. The lowest BCUT2D eigenvalue weighted by molar-refractivity contribution is 0.0528. The van der Waals surface area contributed by atoms with Crippen LogP contribution in [-0.2, 0) is 4.74 Å². The van der Waals surface area contributed by atoms with E-state index in [1.165, 1.54) is 0 Å². The molecule has 0 amide bonds. The summed E-state index contributed by atoms with van der Waals surface area (Å²) in [5.41, 5.74) is 2.79. The van der Waals surface area contributed by atoms with E-state index in [-0.39, 0.29) is 5.97 Å². The van der Waals surface area contributed by atoms with Gasteiger partial charge in [-0.25, -0.2) is 14.3 Å². The van der Waals surface area contributed by atoms with E-state index in [4.69, 9.17) is 4.74 Å². The molecule has 6 heteroatoms. The lowest BCUT2D eigenvalue weighted by atomic mass is 10.2. The van der Waals surface area contributed by atoms with Gasteiger partial charge >= 0.3 is 5.97 Å². The zero-order chi connectivity index (χ0) is 16.2. The standard InChI is InChI=1S/C17H20N4O2/c1-3-5-10-18-16-15-12(17(22)23-4-2)11-19-21(15)14-9-7-6-8-13(14)20-16/h6-9,11H,3-5,10H2,1-2H3,(H,18,20). The minimum Gasteiger partial charge on any atom is -0.462 e. The Morgan fingerprint density at radius 3 is 2.91 bits per heavy atom. The molecule has 3 aromatic rings. The Bertz CT molecular complexity index is 841. The van der Waals surface area contributed by atoms with E-state index in [1.54, 1.807) is 17.6 Å². The molecule has 0 aliphatic rings. The van der Waals surface area contributed by atoms with Gasteiger partial charge in [-0.3, -0.25) is 0 Å². The first kappa shape index (κ1) is 15.3. The normalized spacial score (nSPS) is 11.0. The minimum atomic E-state index is -0.377. The summed E-state index contributed by atoms with van der Waals surface area (Å²) in [6, 6.07) is 7.74. The van der Waals surface area contributed by atoms with Crippen LogP contribution in [0.4, 0.5) is 5.82 Å². The largest absolute Gasteiger partial charge is 0.462 e. The third-order valence-corrected chi connectivity index (χ3v) is 3.65. The number of unbranched alkanes of at least 4 members (excludes halogenated alkanes) is 1. The molecule has 1 aromatic carbocycles. The van der Waals surface area contributed by atoms with E-state index in [1.807, 2.05) is 24.3 Å². The summed E-state index contributed by atoms with van der Waals surface area (Å²) < 4.78 is 6.89. The molecule has 0 saturated carbocycles. The monoisotopic (exact) mass is 312 g/mol. The highest BCUT2D eigenvalue weighted by molar-refractivity contribution is 6.01. The summed E-state index contributed by atoms with van der Waals surface area (Å²) in [5, 5.41) is 7.70. The summed E-state index contributed by atoms with van der Waals surface area (Å²) in [6.45, 7) is 5.05. The van der Waals surface area contributed by atoms with Gasteiger partial charge in [0.25, 0.3) is 0 Å². The van der Waals surface area contributed by atoms with Crippen molar-refractivity contribution in [3.63, 3.8) is 0 Å². The van der Waals surface area contributed by atoms with Crippen molar-refractivity contribution in [2.75, 3.05) is 18.5 Å². The maximum atomic E-state index is 12.2. The van der Waals surface area contributed by atoms with Crippen LogP contribution in [0.15, 0.2) is 30.5 Å². The number of ether oxygens (including phenoxy) is 1. The summed E-state index contributed by atoms with van der Waals surface area (Å²) in [5.74, 6) is 0.288. The lowest BCUT2D eigenvalue weighted by Crippen LogP contribution is -2.09. The van der Waals surface area contributed by atoms with E-state index >= 15 is 0 Å². The van der Waals surface area contributed by atoms with Crippen LogP contribution in [0.3, 0.4) is 0 Å². The van der Waals surface area contributed by atoms with Gasteiger partial charge in [0, 0.05) is 6.54 Å². The number of para-hydroxylation sites is 2. The zero-order valence-electron chi connectivity index (χ0n) is 13.4. The van der Waals surface area contributed by atoms with Crippen LogP contribution >= 0.6 is 0 Å². The van der Waals surface area contributed by atoms with Crippen molar-refractivity contribution in [3.8, 4) is 0 Å². The van der Waals surface area contributed by atoms with Crippen molar-refractivity contribution < 1.29 is 9.53 Å². The number of hydrogen-bond acceptors (Lipinski definition) is 5. The van der Waals surface area contributed by atoms with E-state index in [9.17, 15) is 4.79 Å². The van der Waals surface area contributed by atoms with Crippen LogP contribution in [0.5, 0.6) is 0 Å². The highest BCUT2D eigenvalue weighted by Crippen LogP contribution is 2.25. The first-order chi connectivity index (χ1) is 11.3. The highest BCUT2D eigenvalue weighted by Gasteiger charge is 2.19. The maximum absolute atomic E-state index is 12.2. The topological polar surface area (TPSA) is 68.5 Å². The molecule has 3 rings (SSSR count). The Kier molecular flexibility index (Phi) is 4.41. The molecule has 0 radical (unpaired) electrons. The van der Waals surface area contributed by atoms with Crippen molar-refractivity contribution in [2.24, 2.45) is 0 Å². The summed E-state index contributed by atoms with van der Waals surface area (Å²) in [4.78, 5) is 16.9. The second-order valence-corrected chi connectivity index (χ2v) is 5.27. The fourth-order valence-corrected chi connectivity index (χ4v) is 2.54. The molecule has 0 unspecified atom stereocenters. The second-order valence-electron chi connectivity index (χ2n) is 5.27. The number of fused-ring (bicyclic) bond motifs is 3. The van der Waals surface area contributed by atoms with Gasteiger partial charge in [0.2, 0.25) is 0 Å². The molecule has 1 N–H and O–H groups in total. The minimum absolute atomic E-state index is 0.329. The van der Waals surface area contributed by atoms with E-state index < -0.39 is 0 Å². The molecule has 23 heavy (non-hydrogen) atoms. The van der Waals surface area contributed by atoms with Gasteiger partial charge in [-0.05, 0) is 25.5 Å². The number of anilines is 1. The SMILES string of the molecule is CCCCNc1nc2ccccc2n2ncc(C(=O)OCC)c12. The molecule has 6 nitrogen and oxygen atoms in total. The lowest BCUT2D eigenvalue weighted by Gasteiger charge is -2.10. The average molecular weight is 312 g/mol. The number of esters is 1. The Balaban J connectivity index is 2.18. The van der Waals surface area contributed by atoms with Gasteiger partial charge in [-0.1, -0.05) is 25.5 Å². The molecule has 2 heterocycles. The Morgan fingerprint density at radius 2 is 2.13 bits per heavy atom. The van der Waals surface area contributed by atoms with Gasteiger partial charge in [0.15, 0.2) is 5.82 Å². The Morgan fingerprint density at radius 1 is 1.30 bits per heavy atom. The number of aromatic nitrogens is 3. The molecule has 2 aromatic heterocycles. The van der Waals surface area contributed by atoms with Crippen LogP contribution in [0.2, 0.25) is 0 Å². The molecule has 0 aliphatic heterocycles. The third-order valence-electron chi connectivity index (χ3n) is 3.65. The van der Waals surface area contributed by atoms with E-state index in [0.717, 1.165) is 30.4 Å². The predicted octanol–water partition coefficient (Wildman–Crippen LogP) is 3.27. The highest BCUT2D eigenvalue weighted by atomic mass is 16.5. The summed E-state index contributed by atoms with van der Waals surface area (Å²) in [6.07, 6.45) is 3.66. The van der Waals surface area contributed by atoms with Crippen molar-refractivity contribution >= 4 is 28.3 Å². The van der Waals surface area contributed by atoms with E-state index in [0.29, 0.717) is 23.5 Å². The van der Waals surface area contributed by atoms with Crippen LogP contribution in [0.25, 0.3) is 16.6 Å². The Labute approximate surface area is 134 Å². The van der Waals surface area contributed by atoms with E-state index in [2.05, 4.69) is 22.3 Å². The molecule has 0 fully saturated rings. The van der Waals surface area contributed by atoms with Crippen molar-refractivity contribution in [1.29, 1.82) is 0 Å². The average Bonchev–Trinajstić information content (AvgIpc) is 3.01.